The molecule has 0 aliphatic carbocycles. The Hall–Kier alpha value is -1.80. The molecule has 2 saturated heterocycles. The molecule has 0 aromatic heterocycles. The number of hydrogen-bond donors (Lipinski definition) is 0. The van der Waals surface area contributed by atoms with E-state index in [0.29, 0.717) is 54.1 Å². The van der Waals surface area contributed by atoms with E-state index in [1.165, 1.54) is 12.1 Å². The highest BCUT2D eigenvalue weighted by Crippen LogP contribution is 2.40. The van der Waals surface area contributed by atoms with E-state index >= 15 is 0 Å². The van der Waals surface area contributed by atoms with Crippen molar-refractivity contribution in [3.8, 4) is 0 Å². The van der Waals surface area contributed by atoms with Crippen LogP contribution in [0.2, 0.25) is 10.0 Å². The minimum atomic E-state index is -0.408. The first-order valence-electron chi connectivity index (χ1n) is 10.1. The van der Waals surface area contributed by atoms with Gasteiger partial charge >= 0.3 is 0 Å². The summed E-state index contributed by atoms with van der Waals surface area (Å²) in [5, 5.41) is 0.910. The molecular formula is C22H22Cl2FN3O2S. The lowest BCUT2D eigenvalue weighted by Gasteiger charge is -2.36. The lowest BCUT2D eigenvalue weighted by molar-refractivity contribution is -0.128. The number of nitrogens with zero attached hydrogens (tertiary/aromatic N) is 3. The first kappa shape index (κ1) is 22.4. The highest BCUT2D eigenvalue weighted by Gasteiger charge is 2.33. The monoisotopic (exact) mass is 481 g/mol. The fraction of sp³-hybridized carbons (Fsp3) is 0.364. The Kier molecular flexibility index (Phi) is 7.06. The molecule has 164 valence electrons. The van der Waals surface area contributed by atoms with Crippen LogP contribution in [0.15, 0.2) is 42.5 Å². The molecule has 2 aliphatic rings. The Bertz CT molecular complexity index is 985. The van der Waals surface area contributed by atoms with Crippen LogP contribution < -0.4 is 0 Å². The number of hydrogen-bond acceptors (Lipinski definition) is 4. The second-order valence-corrected chi connectivity index (χ2v) is 9.45. The number of rotatable bonds is 5. The maximum Gasteiger partial charge on any atom is 0.254 e. The molecule has 2 amide bonds. The molecule has 1 atom stereocenters. The van der Waals surface area contributed by atoms with Crippen LogP contribution in [0, 0.1) is 5.82 Å². The predicted molar refractivity (Wildman–Crippen MR) is 122 cm³/mol. The van der Waals surface area contributed by atoms with Gasteiger partial charge in [-0.3, -0.25) is 14.5 Å². The Balaban J connectivity index is 1.31. The molecule has 2 aromatic rings. The molecule has 4 rings (SSSR count). The highest BCUT2D eigenvalue weighted by molar-refractivity contribution is 8.00. The lowest BCUT2D eigenvalue weighted by atomic mass is 10.1. The van der Waals surface area contributed by atoms with Gasteiger partial charge in [0.1, 0.15) is 11.2 Å². The van der Waals surface area contributed by atoms with E-state index in [0.717, 1.165) is 12.1 Å². The van der Waals surface area contributed by atoms with Crippen LogP contribution in [0.1, 0.15) is 21.3 Å². The molecule has 0 radical (unpaired) electrons. The van der Waals surface area contributed by atoms with Crippen LogP contribution in [0.25, 0.3) is 0 Å². The van der Waals surface area contributed by atoms with Gasteiger partial charge in [-0.1, -0.05) is 35.3 Å². The van der Waals surface area contributed by atoms with E-state index in [9.17, 15) is 14.0 Å². The number of carbonyl (C=O) groups is 2. The number of halogens is 3. The minimum Gasteiger partial charge on any atom is -0.336 e. The lowest BCUT2D eigenvalue weighted by Crippen LogP contribution is -2.50. The molecule has 2 heterocycles. The van der Waals surface area contributed by atoms with Gasteiger partial charge in [-0.05, 0) is 35.9 Å². The van der Waals surface area contributed by atoms with Gasteiger partial charge < -0.3 is 9.80 Å². The fourth-order valence-corrected chi connectivity index (χ4v) is 5.38. The van der Waals surface area contributed by atoms with Crippen molar-refractivity contribution in [1.82, 2.24) is 14.7 Å². The molecule has 5 nitrogen and oxygen atoms in total. The maximum absolute atomic E-state index is 13.4. The van der Waals surface area contributed by atoms with Gasteiger partial charge in [-0.2, -0.15) is 0 Å². The average Bonchev–Trinajstić information content (AvgIpc) is 3.14. The quantitative estimate of drug-likeness (QED) is 0.642. The topological polar surface area (TPSA) is 43.9 Å². The van der Waals surface area contributed by atoms with E-state index < -0.39 is 5.82 Å². The van der Waals surface area contributed by atoms with Crippen molar-refractivity contribution in [3.05, 3.63) is 69.5 Å². The molecule has 1 unspecified atom stereocenters. The van der Waals surface area contributed by atoms with Crippen molar-refractivity contribution < 1.29 is 14.0 Å². The van der Waals surface area contributed by atoms with Crippen LogP contribution in [-0.4, -0.2) is 71.5 Å². The van der Waals surface area contributed by atoms with Crippen molar-refractivity contribution in [2.24, 2.45) is 0 Å². The molecule has 0 spiro atoms. The number of piperazine rings is 1. The van der Waals surface area contributed by atoms with Gasteiger partial charge in [0, 0.05) is 44.8 Å². The standard InChI is InChI=1S/C22H22Cl2FN3O2S/c23-18-5-4-16(13-19(18)24)22-28(20(29)14-31-22)11-8-26-6-9-27(10-7-26)21(30)15-2-1-3-17(25)12-15/h1-5,12-13,22H,6-11,14H2. The minimum absolute atomic E-state index is 0.0712. The van der Waals surface area contributed by atoms with Gasteiger partial charge in [-0.15, -0.1) is 11.8 Å². The summed E-state index contributed by atoms with van der Waals surface area (Å²) in [6.07, 6.45) is 0. The molecule has 2 aromatic carbocycles. The maximum atomic E-state index is 13.4. The second-order valence-electron chi connectivity index (χ2n) is 7.57. The van der Waals surface area contributed by atoms with Gasteiger partial charge in [0.25, 0.3) is 5.91 Å². The SMILES string of the molecule is O=C(c1cccc(F)c1)N1CCN(CCN2C(=O)CSC2c2ccc(Cl)c(Cl)c2)CC1. The zero-order valence-corrected chi connectivity index (χ0v) is 19.1. The fourth-order valence-electron chi connectivity index (χ4n) is 3.87. The first-order valence-corrected chi connectivity index (χ1v) is 11.9. The van der Waals surface area contributed by atoms with Crippen LogP contribution in [0.4, 0.5) is 4.39 Å². The van der Waals surface area contributed by atoms with E-state index in [1.807, 2.05) is 17.0 Å². The van der Waals surface area contributed by atoms with Gasteiger partial charge in [0.2, 0.25) is 5.91 Å². The van der Waals surface area contributed by atoms with E-state index in [4.69, 9.17) is 23.2 Å². The molecule has 9 heteroatoms. The summed E-state index contributed by atoms with van der Waals surface area (Å²) in [6, 6.07) is 11.3. The zero-order chi connectivity index (χ0) is 22.0. The summed E-state index contributed by atoms with van der Waals surface area (Å²) in [5.41, 5.74) is 1.34. The van der Waals surface area contributed by atoms with Crippen molar-refractivity contribution in [3.63, 3.8) is 0 Å². The summed E-state index contributed by atoms with van der Waals surface area (Å²) in [4.78, 5) is 30.9. The summed E-state index contributed by atoms with van der Waals surface area (Å²) in [5.74, 6) is 0.000920. The third-order valence-electron chi connectivity index (χ3n) is 5.59. The van der Waals surface area contributed by atoms with Crippen molar-refractivity contribution in [1.29, 1.82) is 0 Å². The van der Waals surface area contributed by atoms with Gasteiger partial charge in [-0.25, -0.2) is 4.39 Å². The normalized spacial score (nSPS) is 19.8. The van der Waals surface area contributed by atoms with E-state index in [1.54, 1.807) is 34.9 Å². The smallest absolute Gasteiger partial charge is 0.254 e. The summed E-state index contributed by atoms with van der Waals surface area (Å²) < 4.78 is 13.4. The Morgan fingerprint density at radius 3 is 2.52 bits per heavy atom. The second kappa shape index (κ2) is 9.77. The molecule has 2 fully saturated rings. The van der Waals surface area contributed by atoms with Gasteiger partial charge in [0.05, 0.1) is 15.8 Å². The first-order chi connectivity index (χ1) is 14.9. The molecular weight excluding hydrogens is 460 g/mol. The van der Waals surface area contributed by atoms with Crippen LogP contribution in [0.3, 0.4) is 0 Å². The number of carbonyl (C=O) groups excluding carboxylic acids is 2. The van der Waals surface area contributed by atoms with Crippen molar-refractivity contribution in [2.45, 2.75) is 5.37 Å². The predicted octanol–water partition coefficient (Wildman–Crippen LogP) is 4.16. The van der Waals surface area contributed by atoms with E-state index in [-0.39, 0.29) is 17.2 Å². The largest absolute Gasteiger partial charge is 0.336 e. The number of thioether (sulfide) groups is 1. The third kappa shape index (κ3) is 5.17. The molecule has 31 heavy (non-hydrogen) atoms. The average molecular weight is 482 g/mol. The summed E-state index contributed by atoms with van der Waals surface area (Å²) >= 11 is 13.8. The zero-order valence-electron chi connectivity index (χ0n) is 16.8. The Morgan fingerprint density at radius 1 is 1.03 bits per heavy atom. The molecule has 0 bridgehead atoms. The Morgan fingerprint density at radius 2 is 1.81 bits per heavy atom. The van der Waals surface area contributed by atoms with Gasteiger partial charge in [0.15, 0.2) is 0 Å². The van der Waals surface area contributed by atoms with Crippen LogP contribution >= 0.6 is 35.0 Å². The van der Waals surface area contributed by atoms with E-state index in [2.05, 4.69) is 4.90 Å². The van der Waals surface area contributed by atoms with Crippen LogP contribution in [-0.2, 0) is 4.79 Å². The Labute approximate surface area is 195 Å². The summed E-state index contributed by atoms with van der Waals surface area (Å²) in [7, 11) is 0. The third-order valence-corrected chi connectivity index (χ3v) is 7.58. The molecule has 0 N–H and O–H groups in total. The van der Waals surface area contributed by atoms with Crippen molar-refractivity contribution >= 4 is 46.8 Å². The van der Waals surface area contributed by atoms with Crippen LogP contribution in [0.5, 0.6) is 0 Å². The van der Waals surface area contributed by atoms with Crippen molar-refractivity contribution in [2.75, 3.05) is 45.0 Å². The summed E-state index contributed by atoms with van der Waals surface area (Å²) in [6.45, 7) is 3.92. The number of benzene rings is 2. The number of amides is 2. The molecule has 2 aliphatic heterocycles. The highest BCUT2D eigenvalue weighted by atomic mass is 35.5. The molecule has 0 saturated carbocycles.